The van der Waals surface area contributed by atoms with Crippen LogP contribution in [0.25, 0.3) is 0 Å². The number of carbonyl (C=O) groups excluding carboxylic acids is 2. The van der Waals surface area contributed by atoms with Crippen LogP contribution in [-0.4, -0.2) is 36.3 Å². The Morgan fingerprint density at radius 3 is 2.21 bits per heavy atom. The molecule has 4 amide bonds. The molecule has 0 spiro atoms. The van der Waals surface area contributed by atoms with E-state index in [9.17, 15) is 9.59 Å². The zero-order valence-electron chi connectivity index (χ0n) is 16.5. The van der Waals surface area contributed by atoms with E-state index in [0.717, 1.165) is 38.5 Å². The number of anilines is 1. The minimum atomic E-state index is -0.333. The predicted molar refractivity (Wildman–Crippen MR) is 108 cm³/mol. The summed E-state index contributed by atoms with van der Waals surface area (Å²) in [6.45, 7) is 0. The number of carbonyl (C=O) groups is 2. The molecule has 0 saturated heterocycles. The van der Waals surface area contributed by atoms with E-state index in [0.29, 0.717) is 11.4 Å². The second kappa shape index (κ2) is 7.53. The average Bonchev–Trinajstić information content (AvgIpc) is 3.60. The van der Waals surface area contributed by atoms with Gasteiger partial charge in [-0.3, -0.25) is 0 Å². The monoisotopic (exact) mass is 386 g/mol. The third-order valence-corrected chi connectivity index (χ3v) is 6.39. The van der Waals surface area contributed by atoms with Gasteiger partial charge in [0.05, 0.1) is 18.2 Å². The quantitative estimate of drug-likeness (QED) is 0.603. The highest BCUT2D eigenvalue weighted by atomic mass is 16.5. The number of hydrogen-bond donors (Lipinski definition) is 4. The molecule has 0 radical (unpaired) electrons. The molecule has 3 saturated carbocycles. The van der Waals surface area contributed by atoms with Crippen LogP contribution in [0.4, 0.5) is 15.3 Å². The molecular formula is C21H30N4O3. The summed E-state index contributed by atoms with van der Waals surface area (Å²) >= 11 is 0. The van der Waals surface area contributed by atoms with E-state index in [1.165, 1.54) is 19.3 Å². The van der Waals surface area contributed by atoms with Gasteiger partial charge < -0.3 is 26.0 Å². The first-order valence-corrected chi connectivity index (χ1v) is 10.4. The zero-order chi connectivity index (χ0) is 19.6. The van der Waals surface area contributed by atoms with E-state index in [-0.39, 0.29) is 29.2 Å². The molecule has 1 aromatic rings. The summed E-state index contributed by atoms with van der Waals surface area (Å²) in [5.41, 5.74) is 0.0395. The Hall–Kier alpha value is -2.44. The lowest BCUT2D eigenvalue weighted by Crippen LogP contribution is -2.59. The number of urea groups is 2. The van der Waals surface area contributed by atoms with E-state index >= 15 is 0 Å². The van der Waals surface area contributed by atoms with Crippen molar-refractivity contribution in [2.24, 2.45) is 0 Å². The van der Waals surface area contributed by atoms with Gasteiger partial charge in [-0.15, -0.1) is 0 Å². The fourth-order valence-electron chi connectivity index (χ4n) is 4.46. The lowest BCUT2D eigenvalue weighted by atomic mass is 9.95. The van der Waals surface area contributed by atoms with Crippen LogP contribution in [-0.2, 0) is 0 Å². The molecule has 4 rings (SSSR count). The van der Waals surface area contributed by atoms with Crippen molar-refractivity contribution >= 4 is 17.7 Å². The van der Waals surface area contributed by atoms with Crippen LogP contribution < -0.4 is 26.0 Å². The van der Waals surface area contributed by atoms with Crippen LogP contribution in [0.15, 0.2) is 24.3 Å². The normalized spacial score (nSPS) is 21.9. The highest BCUT2D eigenvalue weighted by molar-refractivity contribution is 5.90. The molecule has 0 atom stereocenters. The molecule has 28 heavy (non-hydrogen) atoms. The minimum Gasteiger partial charge on any atom is -0.497 e. The van der Waals surface area contributed by atoms with Gasteiger partial charge in [0.25, 0.3) is 0 Å². The van der Waals surface area contributed by atoms with Crippen LogP contribution in [0.5, 0.6) is 5.75 Å². The summed E-state index contributed by atoms with van der Waals surface area (Å²) in [6.07, 6.45) is 9.36. The van der Waals surface area contributed by atoms with Crippen molar-refractivity contribution in [1.29, 1.82) is 0 Å². The first-order valence-electron chi connectivity index (χ1n) is 10.4. The Kier molecular flexibility index (Phi) is 5.08. The third kappa shape index (κ3) is 4.03. The Bertz CT molecular complexity index is 737. The van der Waals surface area contributed by atoms with Gasteiger partial charge in [-0.1, -0.05) is 25.3 Å². The summed E-state index contributed by atoms with van der Waals surface area (Å²) in [6, 6.07) is 7.22. The first kappa shape index (κ1) is 18.9. The highest BCUT2D eigenvalue weighted by Crippen LogP contribution is 2.57. The molecule has 0 unspecified atom stereocenters. The van der Waals surface area contributed by atoms with Gasteiger partial charge in [-0.2, -0.15) is 0 Å². The second-order valence-electron chi connectivity index (χ2n) is 8.41. The maximum Gasteiger partial charge on any atom is 0.319 e. The van der Waals surface area contributed by atoms with Crippen LogP contribution in [0.2, 0.25) is 0 Å². The van der Waals surface area contributed by atoms with Crippen LogP contribution in [0.3, 0.4) is 0 Å². The molecule has 3 aliphatic carbocycles. The molecule has 0 bridgehead atoms. The van der Waals surface area contributed by atoms with Crippen molar-refractivity contribution in [1.82, 2.24) is 16.0 Å². The Labute approximate surface area is 166 Å². The first-order chi connectivity index (χ1) is 13.5. The highest BCUT2D eigenvalue weighted by Gasteiger charge is 2.67. The van der Waals surface area contributed by atoms with Gasteiger partial charge in [-0.25, -0.2) is 9.59 Å². The molecule has 7 heteroatoms. The summed E-state index contributed by atoms with van der Waals surface area (Å²) < 4.78 is 5.19. The number of methoxy groups -OCH3 is 1. The van der Waals surface area contributed by atoms with Crippen molar-refractivity contribution in [3.63, 3.8) is 0 Å². The Morgan fingerprint density at radius 2 is 1.61 bits per heavy atom. The van der Waals surface area contributed by atoms with Gasteiger partial charge >= 0.3 is 12.1 Å². The number of benzene rings is 1. The molecule has 1 aromatic carbocycles. The molecule has 7 nitrogen and oxygen atoms in total. The van der Waals surface area contributed by atoms with E-state index in [4.69, 9.17) is 4.74 Å². The minimum absolute atomic E-state index is 0.0920. The van der Waals surface area contributed by atoms with E-state index in [1.54, 1.807) is 13.2 Å². The molecule has 3 fully saturated rings. The largest absolute Gasteiger partial charge is 0.497 e. The summed E-state index contributed by atoms with van der Waals surface area (Å²) in [5.74, 6) is 0.693. The van der Waals surface area contributed by atoms with Crippen molar-refractivity contribution in [2.45, 2.75) is 74.9 Å². The fraction of sp³-hybridized carbons (Fsp3) is 0.619. The van der Waals surface area contributed by atoms with Crippen molar-refractivity contribution in [2.75, 3.05) is 12.4 Å². The molecule has 0 heterocycles. The summed E-state index contributed by atoms with van der Waals surface area (Å²) in [5, 5.41) is 12.3. The molecule has 0 aliphatic heterocycles. The van der Waals surface area contributed by atoms with E-state index in [1.807, 2.05) is 18.2 Å². The second-order valence-corrected chi connectivity index (χ2v) is 8.41. The predicted octanol–water partition coefficient (Wildman–Crippen LogP) is 3.51. The van der Waals surface area contributed by atoms with Gasteiger partial charge in [-0.05, 0) is 50.7 Å². The fourth-order valence-corrected chi connectivity index (χ4v) is 4.46. The van der Waals surface area contributed by atoms with Gasteiger partial charge in [0.2, 0.25) is 0 Å². The third-order valence-electron chi connectivity index (χ3n) is 6.39. The van der Waals surface area contributed by atoms with Crippen molar-refractivity contribution in [3.8, 4) is 5.75 Å². The van der Waals surface area contributed by atoms with E-state index in [2.05, 4.69) is 21.3 Å². The molecule has 3 aliphatic rings. The molecule has 152 valence electrons. The summed E-state index contributed by atoms with van der Waals surface area (Å²) in [7, 11) is 1.60. The lowest BCUT2D eigenvalue weighted by molar-refractivity contribution is 0.217. The number of hydrogen-bond acceptors (Lipinski definition) is 3. The van der Waals surface area contributed by atoms with Crippen LogP contribution >= 0.6 is 0 Å². The molecule has 0 aromatic heterocycles. The topological polar surface area (TPSA) is 91.5 Å². The smallest absolute Gasteiger partial charge is 0.319 e. The van der Waals surface area contributed by atoms with Crippen molar-refractivity contribution < 1.29 is 14.3 Å². The molecule has 4 N–H and O–H groups in total. The van der Waals surface area contributed by atoms with Crippen LogP contribution in [0.1, 0.15) is 57.8 Å². The lowest BCUT2D eigenvalue weighted by Gasteiger charge is -2.31. The standard InChI is InChI=1S/C21H30N4O3/c1-28-17-9-5-8-16(14-17)23-19(27)25-21(12-13-21)20(10-11-20)24-18(26)22-15-6-3-2-4-7-15/h5,8-9,14-15H,2-4,6-7,10-13H2,1H3,(H2,22,24,26)(H2,23,25,27). The van der Waals surface area contributed by atoms with Crippen molar-refractivity contribution in [3.05, 3.63) is 24.3 Å². The maximum atomic E-state index is 12.6. The Morgan fingerprint density at radius 1 is 0.964 bits per heavy atom. The van der Waals surface area contributed by atoms with E-state index < -0.39 is 0 Å². The maximum absolute atomic E-state index is 12.6. The average molecular weight is 386 g/mol. The number of rotatable bonds is 6. The summed E-state index contributed by atoms with van der Waals surface area (Å²) in [4.78, 5) is 25.1. The zero-order valence-corrected chi connectivity index (χ0v) is 16.5. The van der Waals surface area contributed by atoms with Gasteiger partial charge in [0.15, 0.2) is 0 Å². The SMILES string of the molecule is COc1cccc(NC(=O)NC2(C3(NC(=O)NC4CCCCC4)CC3)CC2)c1. The number of nitrogens with one attached hydrogen (secondary N) is 4. The van der Waals surface area contributed by atoms with Gasteiger partial charge in [0, 0.05) is 17.8 Å². The van der Waals surface area contributed by atoms with Crippen LogP contribution in [0, 0.1) is 0 Å². The van der Waals surface area contributed by atoms with Gasteiger partial charge in [0.1, 0.15) is 5.75 Å². The number of ether oxygens (including phenoxy) is 1. The Balaban J connectivity index is 1.32. The molecular weight excluding hydrogens is 356 g/mol. The number of amides is 4.